The molecule has 0 fully saturated rings. The molecular formula is C22H24ClFmN2O5S-. The molecule has 1 atom stereocenters. The summed E-state index contributed by atoms with van der Waals surface area (Å²) in [6.45, 7) is 8.72. The van der Waals surface area contributed by atoms with Gasteiger partial charge in [-0.15, -0.1) is 11.3 Å². The largest absolute Gasteiger partial charge is 0.520 e. The molecule has 2 rings (SSSR count). The molecule has 32 heavy (non-hydrogen) atoms. The number of hydrogen-bond acceptors (Lipinski definition) is 6. The van der Waals surface area contributed by atoms with Crippen LogP contribution in [-0.2, 0) is 19.1 Å². The number of rotatable bonds is 8. The second kappa shape index (κ2) is 10.5. The summed E-state index contributed by atoms with van der Waals surface area (Å²) in [5.74, 6) is -1.60. The molecule has 0 aliphatic carbocycles. The first kappa shape index (κ1) is 26.3. The van der Waals surface area contributed by atoms with E-state index in [4.69, 9.17) is 16.3 Å². The molecule has 2 aromatic rings. The first-order valence-corrected chi connectivity index (χ1v) is 10.7. The number of benzene rings is 1. The van der Waals surface area contributed by atoms with Crippen molar-refractivity contribution in [3.05, 3.63) is 50.9 Å². The summed E-state index contributed by atoms with van der Waals surface area (Å²) >= 11 is 7.24. The minimum absolute atomic E-state index is 0. The van der Waals surface area contributed by atoms with Crippen molar-refractivity contribution in [2.24, 2.45) is 0 Å². The standard InChI is InChI=1S/C22H24ClN2O5S.Fm/c1-12-13(2)31-21(18(12)19(28)14-7-6-8-15(23)9-14)25-20(29)16(24-11-26)10-17(27)30-22(3,4)5;/h6-9,16H,10H2,1-5H3,(H,24,26)(H,25,29);/q-1;. The number of amides is 2. The van der Waals surface area contributed by atoms with Crippen LogP contribution in [0.2, 0.25) is 5.02 Å². The van der Waals surface area contributed by atoms with E-state index < -0.39 is 23.5 Å². The number of ether oxygens (including phenoxy) is 1. The van der Waals surface area contributed by atoms with Crippen molar-refractivity contribution in [1.29, 1.82) is 0 Å². The second-order valence-corrected chi connectivity index (χ2v) is 9.57. The third-order valence-electron chi connectivity index (χ3n) is 4.28. The van der Waals surface area contributed by atoms with Crippen molar-refractivity contribution < 1.29 is 23.9 Å². The predicted molar refractivity (Wildman–Crippen MR) is 120 cm³/mol. The summed E-state index contributed by atoms with van der Waals surface area (Å²) < 4.78 is 5.22. The summed E-state index contributed by atoms with van der Waals surface area (Å²) in [6, 6.07) is 5.32. The molecular weight excluding hydrogens is 697 g/mol. The number of aryl methyl sites for hydroxylation is 1. The molecule has 1 heterocycles. The molecule has 2 amide bonds. The number of halogens is 1. The van der Waals surface area contributed by atoms with Crippen molar-refractivity contribution in [3.63, 3.8) is 0 Å². The number of carbonyl (C=O) groups excluding carboxylic acids is 4. The summed E-state index contributed by atoms with van der Waals surface area (Å²) in [5.41, 5.74) is 0.711. The van der Waals surface area contributed by atoms with Crippen molar-refractivity contribution in [2.75, 3.05) is 5.32 Å². The average Bonchev–Trinajstić information content (AvgIpc) is 2.92. The molecule has 0 radical (unpaired) electrons. The normalized spacial score (nSPS) is 11.7. The SMILES string of the molecule is Cc1sc(NC(=O)C(CC(=O)OC(C)(C)C)N[C-]=O)c(C(=O)c2cccc(Cl)c2)c1C.[Fm]. The van der Waals surface area contributed by atoms with E-state index in [1.54, 1.807) is 52.0 Å². The van der Waals surface area contributed by atoms with Gasteiger partial charge in [-0.05, 0) is 52.3 Å². The summed E-state index contributed by atoms with van der Waals surface area (Å²) in [4.78, 5) is 49.7. The molecule has 0 saturated heterocycles. The zero-order valence-electron chi connectivity index (χ0n) is 18.2. The van der Waals surface area contributed by atoms with Crippen molar-refractivity contribution in [3.8, 4) is 0 Å². The van der Waals surface area contributed by atoms with Crippen LogP contribution >= 0.6 is 22.9 Å². The van der Waals surface area contributed by atoms with E-state index in [1.807, 2.05) is 6.92 Å². The van der Waals surface area contributed by atoms with Crippen LogP contribution in [0.4, 0.5) is 5.00 Å². The molecule has 0 spiro atoms. The van der Waals surface area contributed by atoms with Gasteiger partial charge in [-0.3, -0.25) is 14.4 Å². The minimum atomic E-state index is -1.20. The Morgan fingerprint density at radius 2 is 1.88 bits per heavy atom. The number of carbonyl (C=O) groups is 3. The Kier molecular flexibility index (Phi) is 8.68. The number of nitrogens with one attached hydrogen (secondary N) is 2. The fourth-order valence-electron chi connectivity index (χ4n) is 2.79. The van der Waals surface area contributed by atoms with Crippen LogP contribution < -0.4 is 10.6 Å². The Morgan fingerprint density at radius 3 is 2.44 bits per heavy atom. The van der Waals surface area contributed by atoms with Crippen LogP contribution in [0.1, 0.15) is 53.6 Å². The molecule has 0 bridgehead atoms. The number of thiophene rings is 1. The Hall–Kier alpha value is -3.71. The third kappa shape index (κ3) is 6.65. The molecule has 7 nitrogen and oxygen atoms in total. The van der Waals surface area contributed by atoms with Gasteiger partial charge in [0, 0.05) is 15.5 Å². The number of anilines is 1. The van der Waals surface area contributed by atoms with Gasteiger partial charge in [0.2, 0.25) is 5.91 Å². The van der Waals surface area contributed by atoms with Gasteiger partial charge in [-0.2, -0.15) is 6.41 Å². The van der Waals surface area contributed by atoms with Gasteiger partial charge in [-0.25, -0.2) is 0 Å². The summed E-state index contributed by atoms with van der Waals surface area (Å²) in [6.07, 6.45) is 1.07. The van der Waals surface area contributed by atoms with Crippen LogP contribution in [0.3, 0.4) is 0 Å². The van der Waals surface area contributed by atoms with Gasteiger partial charge in [0.05, 0.1) is 18.0 Å². The van der Waals surface area contributed by atoms with E-state index in [2.05, 4.69) is 10.6 Å². The van der Waals surface area contributed by atoms with E-state index in [1.165, 1.54) is 17.7 Å². The Balaban J connectivity index is 0.00000512. The zero-order valence-corrected chi connectivity index (χ0v) is 22.2. The second-order valence-electron chi connectivity index (χ2n) is 7.91. The van der Waals surface area contributed by atoms with Crippen LogP contribution in [0, 0.1) is 13.8 Å². The Bertz CT molecular complexity index is 1020. The van der Waals surface area contributed by atoms with Crippen molar-refractivity contribution in [1.82, 2.24) is 5.32 Å². The molecule has 0 aliphatic heterocycles. The van der Waals surface area contributed by atoms with E-state index in [0.29, 0.717) is 21.2 Å². The molecule has 0 saturated carbocycles. The molecule has 1 aromatic carbocycles. The molecule has 0 aliphatic rings. The van der Waals surface area contributed by atoms with E-state index >= 15 is 0 Å². The molecule has 1 aromatic heterocycles. The van der Waals surface area contributed by atoms with Gasteiger partial charge in [0.25, 0.3) is 0 Å². The van der Waals surface area contributed by atoms with E-state index in [9.17, 15) is 19.2 Å². The fourth-order valence-corrected chi connectivity index (χ4v) is 4.04. The van der Waals surface area contributed by atoms with Gasteiger partial charge < -0.3 is 20.2 Å². The predicted octanol–water partition coefficient (Wildman–Crippen LogP) is 3.95. The third-order valence-corrected chi connectivity index (χ3v) is 5.63. The van der Waals surface area contributed by atoms with Crippen LogP contribution in [0.5, 0.6) is 0 Å². The smallest absolute Gasteiger partial charge is 0.308 e. The molecule has 2 N–H and O–H groups in total. The number of hydrogen-bond donors (Lipinski definition) is 2. The number of ketones is 1. The minimum Gasteiger partial charge on any atom is -0.520 e. The quantitative estimate of drug-likeness (QED) is 0.186. The van der Waals surface area contributed by atoms with Crippen LogP contribution in [0.15, 0.2) is 24.3 Å². The topological polar surface area (TPSA) is 102 Å². The Labute approximate surface area is 190 Å². The summed E-state index contributed by atoms with van der Waals surface area (Å²) in [7, 11) is 0. The van der Waals surface area contributed by atoms with Crippen LogP contribution in [-0.4, -0.2) is 35.7 Å². The maximum absolute atomic E-state index is 13.1. The number of esters is 1. The van der Waals surface area contributed by atoms with Crippen molar-refractivity contribution >= 4 is 52.0 Å². The van der Waals surface area contributed by atoms with Crippen molar-refractivity contribution in [2.45, 2.75) is 52.7 Å². The van der Waals surface area contributed by atoms with Gasteiger partial charge >= 0.3 is 5.97 Å². The average molecular weight is 721 g/mol. The van der Waals surface area contributed by atoms with Gasteiger partial charge in [0.15, 0.2) is 5.78 Å². The first-order valence-electron chi connectivity index (χ1n) is 9.48. The molecule has 1 unspecified atom stereocenters. The first-order chi connectivity index (χ1) is 14.4. The van der Waals surface area contributed by atoms with Gasteiger partial charge in [-0.1, -0.05) is 23.7 Å². The Morgan fingerprint density at radius 1 is 1.22 bits per heavy atom. The monoisotopic (exact) mass is 720 g/mol. The van der Waals surface area contributed by atoms with Crippen LogP contribution in [0.25, 0.3) is 0 Å². The van der Waals surface area contributed by atoms with E-state index in [0.717, 1.165) is 10.4 Å². The maximum Gasteiger partial charge on any atom is 0.308 e. The maximum atomic E-state index is 13.1. The van der Waals surface area contributed by atoms with Gasteiger partial charge in [0.1, 0.15) is 10.6 Å². The molecule has 10 heteroatoms. The summed E-state index contributed by atoms with van der Waals surface area (Å²) in [5, 5.41) is 5.63. The fraction of sp³-hybridized carbons (Fsp3) is 0.364. The molecule has 178 valence electrons. The zero-order chi connectivity index (χ0) is 23.3. The van der Waals surface area contributed by atoms with E-state index in [-0.39, 0.29) is 12.2 Å².